The second-order valence-electron chi connectivity index (χ2n) is 37.6. The van der Waals surface area contributed by atoms with Gasteiger partial charge in [-0.25, -0.2) is 4.98 Å². The molecule has 0 spiro atoms. The molecular formula is C118H98N10. The molecule has 0 amide bonds. The van der Waals surface area contributed by atoms with Crippen LogP contribution in [-0.4, -0.2) is 45.9 Å². The third-order valence-corrected chi connectivity index (χ3v) is 26.3. The van der Waals surface area contributed by atoms with Gasteiger partial charge in [-0.2, -0.15) is 0 Å². The van der Waals surface area contributed by atoms with Crippen molar-refractivity contribution in [2.75, 3.05) is 0 Å². The molecule has 26 rings (SSSR count). The zero-order valence-electron chi connectivity index (χ0n) is 74.0. The molecule has 0 bridgehead atoms. The Balaban J connectivity index is 0.0000000980. The highest BCUT2D eigenvalue weighted by atomic mass is 15.2. The molecule has 26 aromatic rings. The van der Waals surface area contributed by atoms with Crippen LogP contribution in [0.2, 0.25) is 0 Å². The molecule has 10 heteroatoms. The van der Waals surface area contributed by atoms with Crippen molar-refractivity contribution < 1.29 is 0 Å². The lowest BCUT2D eigenvalue weighted by Gasteiger charge is -2.24. The number of nitrogens with zero attached hydrogens (tertiary/aromatic N) is 10. The van der Waals surface area contributed by atoms with Crippen molar-refractivity contribution in [3.8, 4) is 33.9 Å². The largest absolute Gasteiger partial charge is 0.338 e. The number of para-hydroxylation sites is 14. The molecule has 9 heterocycles. The maximum Gasteiger partial charge on any atom is 0.220 e. The first-order valence-electron chi connectivity index (χ1n) is 44.9. The number of fused-ring (bicyclic) bond motifs is 26. The molecule has 0 radical (unpaired) electrons. The van der Waals surface area contributed by atoms with Crippen LogP contribution in [0.25, 0.3) is 214 Å². The van der Waals surface area contributed by atoms with E-state index >= 15 is 0 Å². The van der Waals surface area contributed by atoms with Crippen molar-refractivity contribution >= 4 is 180 Å². The van der Waals surface area contributed by atoms with Gasteiger partial charge in [0.05, 0.1) is 60.7 Å². The Labute approximate surface area is 742 Å². The van der Waals surface area contributed by atoms with Crippen molar-refractivity contribution in [3.05, 3.63) is 388 Å². The molecule has 0 N–H and O–H groups in total. The smallest absolute Gasteiger partial charge is 0.220 e. The number of imidazole rings is 2. The highest BCUT2D eigenvalue weighted by Gasteiger charge is 2.28. The molecule has 0 atom stereocenters. The van der Waals surface area contributed by atoms with E-state index in [1.165, 1.54) is 186 Å². The molecule has 620 valence electrons. The van der Waals surface area contributed by atoms with Crippen molar-refractivity contribution in [2.45, 2.75) is 98.8 Å². The van der Waals surface area contributed by atoms with Crippen LogP contribution in [0, 0.1) is 0 Å². The van der Waals surface area contributed by atoms with E-state index in [2.05, 4.69) is 505 Å². The summed E-state index contributed by atoms with van der Waals surface area (Å²) in [5.74, 6) is 0.941. The van der Waals surface area contributed by atoms with Gasteiger partial charge >= 0.3 is 0 Å². The summed E-state index contributed by atoms with van der Waals surface area (Å²) in [5, 5.41) is 18.2. The molecule has 0 aliphatic carbocycles. The van der Waals surface area contributed by atoms with Crippen LogP contribution in [0.4, 0.5) is 0 Å². The van der Waals surface area contributed by atoms with E-state index in [9.17, 15) is 0 Å². The topological polar surface area (TPSA) is 56.7 Å². The molecule has 0 saturated heterocycles. The minimum absolute atomic E-state index is 0.00104. The molecule has 17 aromatic carbocycles. The van der Waals surface area contributed by atoms with E-state index in [1.807, 2.05) is 0 Å². The van der Waals surface area contributed by atoms with Crippen LogP contribution < -0.4 is 0 Å². The van der Waals surface area contributed by atoms with Gasteiger partial charge in [0.2, 0.25) is 5.78 Å². The fourth-order valence-corrected chi connectivity index (χ4v) is 21.2. The van der Waals surface area contributed by atoms with Gasteiger partial charge < -0.3 is 32.0 Å². The van der Waals surface area contributed by atoms with E-state index in [4.69, 9.17) is 4.98 Å². The molecule has 0 aliphatic heterocycles. The highest BCUT2D eigenvalue weighted by molar-refractivity contribution is 6.20. The molecular weight excluding hydrogens is 1560 g/mol. The number of aromatic nitrogens is 10. The predicted molar refractivity (Wildman–Crippen MR) is 545 cm³/mol. The highest BCUT2D eigenvalue weighted by Crippen LogP contribution is 2.46. The predicted octanol–water partition coefficient (Wildman–Crippen LogP) is 31.7. The van der Waals surface area contributed by atoms with Crippen LogP contribution in [0.1, 0.15) is 82.2 Å². The van der Waals surface area contributed by atoms with Crippen LogP contribution in [0.15, 0.2) is 388 Å². The summed E-state index contributed by atoms with van der Waals surface area (Å²) in [4.78, 5) is 5.04. The average molecular weight is 1660 g/mol. The molecule has 9 aromatic heterocycles. The Kier molecular flexibility index (Phi) is 17.9. The van der Waals surface area contributed by atoms with E-state index in [0.29, 0.717) is 6.04 Å². The first kappa shape index (κ1) is 77.4. The maximum atomic E-state index is 5.04. The standard InChI is InChI=1S/C34H28N2.C29H24N4.C28H24N2.C27H22N2/c1-34(2,3)36-32-16-10-8-14-27(32)29-22-24(18-20-33(29)36)23-17-19-31-28(21-23)26-13-7-9-15-30(26)35(31)25-11-5-4-6-12-25;1-29(2,3)33-23-12-6-4-10-20(23)21-18-19(16-17-24(21)33)31-26-14-8-9-15-27(26)32-25-13-7-5-11-22(25)30-28(31)32;1-28(2,3)30-25-16-10-8-14-21(25)23-17-26-22(18-27(23)30)20-13-7-9-15-24(20)29(26)19-11-5-4-6-12-19;1-18(2)28-24-12-6-5-11-22(24)23-17-19(15-16-27(23)28)29-25-13-7-3-9-20(25)21-10-4-8-14-26(21)29/h4-22H,1-3H3;4-18H,1-3H3;4-18H,1-3H3;3-18H,1-2H3. The van der Waals surface area contributed by atoms with Crippen molar-refractivity contribution in [3.63, 3.8) is 0 Å². The van der Waals surface area contributed by atoms with Crippen LogP contribution in [0.3, 0.4) is 0 Å². The van der Waals surface area contributed by atoms with Crippen molar-refractivity contribution in [1.29, 1.82) is 0 Å². The second kappa shape index (κ2) is 29.6. The van der Waals surface area contributed by atoms with Gasteiger partial charge in [0.1, 0.15) is 0 Å². The van der Waals surface area contributed by atoms with E-state index in [1.54, 1.807) is 0 Å². The summed E-state index contributed by atoms with van der Waals surface area (Å²) in [5.41, 5.74) is 29.4. The Morgan fingerprint density at radius 3 is 0.938 bits per heavy atom. The third kappa shape index (κ3) is 12.3. The lowest BCUT2D eigenvalue weighted by Crippen LogP contribution is -2.21. The Bertz CT molecular complexity index is 8870. The monoisotopic (exact) mass is 1650 g/mol. The molecule has 128 heavy (non-hydrogen) atoms. The zero-order chi connectivity index (χ0) is 86.8. The summed E-state index contributed by atoms with van der Waals surface area (Å²) >= 11 is 0. The summed E-state index contributed by atoms with van der Waals surface area (Å²) in [6.07, 6.45) is 0. The zero-order valence-corrected chi connectivity index (χ0v) is 74.0. The number of rotatable bonds is 6. The van der Waals surface area contributed by atoms with Gasteiger partial charge in [0, 0.05) is 159 Å². The SMILES string of the molecule is CC(C)(C)n1c2ccccc2c2cc(-c3ccc4c(c3)c3ccccc3n4-c3ccccc3)ccc21.CC(C)(C)n1c2ccccc2c2cc(-n3c4ccccc4n4c5ccccc5nc34)ccc21.CC(C)(C)n1c2ccccc2c2cc3c(cc21)c1ccccc1n3-c1ccccc1.CC(C)n1c2ccccc2c2cc(-n3c4ccccc4c4ccccc43)ccc21. The molecule has 0 unspecified atom stereocenters. The molecule has 0 saturated carbocycles. The first-order valence-corrected chi connectivity index (χ1v) is 44.9. The Hall–Kier alpha value is -15.4. The van der Waals surface area contributed by atoms with Crippen molar-refractivity contribution in [1.82, 2.24) is 45.9 Å². The quantitative estimate of drug-likeness (QED) is 0.164. The summed E-state index contributed by atoms with van der Waals surface area (Å²) in [6, 6.07) is 141. The van der Waals surface area contributed by atoms with Gasteiger partial charge in [-0.3, -0.25) is 8.97 Å². The summed E-state index contributed by atoms with van der Waals surface area (Å²) in [7, 11) is 0. The molecule has 10 nitrogen and oxygen atoms in total. The first-order chi connectivity index (χ1) is 62.3. The fraction of sp³-hybridized carbons (Fsp3) is 0.127. The number of hydrogen-bond donors (Lipinski definition) is 0. The number of hydrogen-bond acceptors (Lipinski definition) is 1. The van der Waals surface area contributed by atoms with Crippen LogP contribution in [-0.2, 0) is 16.6 Å². The van der Waals surface area contributed by atoms with Crippen molar-refractivity contribution in [2.24, 2.45) is 0 Å². The minimum Gasteiger partial charge on any atom is -0.338 e. The molecule has 0 fully saturated rings. The Morgan fingerprint density at radius 2 is 0.469 bits per heavy atom. The lowest BCUT2D eigenvalue weighted by atomic mass is 10.0. The van der Waals surface area contributed by atoms with Gasteiger partial charge in [-0.1, -0.05) is 218 Å². The fourth-order valence-electron chi connectivity index (χ4n) is 21.2. The number of benzene rings is 17. The second-order valence-corrected chi connectivity index (χ2v) is 37.6. The molecule has 0 aliphatic rings. The van der Waals surface area contributed by atoms with Gasteiger partial charge in [-0.15, -0.1) is 0 Å². The lowest BCUT2D eigenvalue weighted by molar-refractivity contribution is 0.423. The van der Waals surface area contributed by atoms with Crippen LogP contribution in [0.5, 0.6) is 0 Å². The van der Waals surface area contributed by atoms with E-state index < -0.39 is 0 Å². The third-order valence-electron chi connectivity index (χ3n) is 26.3. The van der Waals surface area contributed by atoms with Gasteiger partial charge in [0.25, 0.3) is 0 Å². The van der Waals surface area contributed by atoms with E-state index in [-0.39, 0.29) is 16.6 Å². The normalized spacial score (nSPS) is 12.4. The average Bonchev–Trinajstić information content (AvgIpc) is 1.56. The summed E-state index contributed by atoms with van der Waals surface area (Å²) in [6.45, 7) is 25.0. The van der Waals surface area contributed by atoms with E-state index in [0.717, 1.165) is 28.0 Å². The Morgan fingerprint density at radius 1 is 0.195 bits per heavy atom. The van der Waals surface area contributed by atoms with Crippen LogP contribution >= 0.6 is 0 Å². The maximum absolute atomic E-state index is 5.04. The van der Waals surface area contributed by atoms with Gasteiger partial charge in [0.15, 0.2) is 0 Å². The van der Waals surface area contributed by atoms with Gasteiger partial charge in [-0.05, 0) is 257 Å². The summed E-state index contributed by atoms with van der Waals surface area (Å²) < 4.78 is 21.6. The minimum atomic E-state index is -0.0168.